The van der Waals surface area contributed by atoms with Crippen molar-refractivity contribution in [2.45, 2.75) is 6.92 Å². The van der Waals surface area contributed by atoms with E-state index in [1.54, 1.807) is 0 Å². The van der Waals surface area contributed by atoms with E-state index in [1.807, 2.05) is 6.07 Å². The fourth-order valence-electron chi connectivity index (χ4n) is 1.13. The highest BCUT2D eigenvalue weighted by atomic mass is 79.9. The van der Waals surface area contributed by atoms with Crippen molar-refractivity contribution < 1.29 is 9.59 Å². The van der Waals surface area contributed by atoms with Crippen LogP contribution in [0.3, 0.4) is 0 Å². The Morgan fingerprint density at radius 2 is 2.21 bits per heavy atom. The van der Waals surface area contributed by atoms with Gasteiger partial charge in [0.15, 0.2) is 12.1 Å². The summed E-state index contributed by atoms with van der Waals surface area (Å²) in [6.07, 6.45) is 0.529. The molecule has 1 rings (SSSR count). The molecule has 14 heavy (non-hydrogen) atoms. The van der Waals surface area contributed by atoms with Crippen molar-refractivity contribution in [3.63, 3.8) is 0 Å². The van der Waals surface area contributed by atoms with Crippen molar-refractivity contribution >= 4 is 28.0 Å². The van der Waals surface area contributed by atoms with Crippen LogP contribution >= 0.6 is 15.9 Å². The van der Waals surface area contributed by atoms with Gasteiger partial charge in [-0.15, -0.1) is 0 Å². The maximum atomic E-state index is 11.2. The Hall–Kier alpha value is -1.47. The van der Waals surface area contributed by atoms with E-state index in [2.05, 4.69) is 15.9 Å². The number of aldehydes is 1. The predicted octanol–water partition coefficient (Wildman–Crippen LogP) is 2.34. The number of carbonyl (C=O) groups is 2. The van der Waals surface area contributed by atoms with Gasteiger partial charge in [0.05, 0.1) is 11.6 Å². The topological polar surface area (TPSA) is 57.9 Å². The minimum Gasteiger partial charge on any atom is -0.298 e. The molecule has 0 heterocycles. The summed E-state index contributed by atoms with van der Waals surface area (Å²) in [5.74, 6) is -0.232. The van der Waals surface area contributed by atoms with Crippen molar-refractivity contribution in [2.75, 3.05) is 0 Å². The molecular weight excluding hydrogens is 246 g/mol. The lowest BCUT2D eigenvalue weighted by Gasteiger charge is -2.03. The van der Waals surface area contributed by atoms with Gasteiger partial charge in [-0.05, 0) is 19.1 Å². The summed E-state index contributed by atoms with van der Waals surface area (Å²) < 4.78 is 0.616. The number of halogens is 1. The van der Waals surface area contributed by atoms with Crippen molar-refractivity contribution in [3.05, 3.63) is 33.3 Å². The van der Waals surface area contributed by atoms with Crippen molar-refractivity contribution in [2.24, 2.45) is 0 Å². The van der Waals surface area contributed by atoms with Crippen LogP contribution in [0, 0.1) is 11.3 Å². The molecule has 0 saturated carbocycles. The second kappa shape index (κ2) is 4.16. The number of hydrogen-bond acceptors (Lipinski definition) is 3. The minimum absolute atomic E-state index is 0.156. The number of rotatable bonds is 2. The van der Waals surface area contributed by atoms with E-state index < -0.39 is 0 Å². The lowest BCUT2D eigenvalue weighted by Crippen LogP contribution is -2.01. The van der Waals surface area contributed by atoms with Crippen molar-refractivity contribution in [1.29, 1.82) is 5.26 Å². The summed E-state index contributed by atoms with van der Waals surface area (Å²) in [6.45, 7) is 1.36. The lowest BCUT2D eigenvalue weighted by atomic mass is 10.0. The number of carbonyl (C=O) groups excluding carboxylic acids is 2. The number of hydrogen-bond donors (Lipinski definition) is 0. The Bertz CT molecular complexity index is 446. The SMILES string of the molecule is CC(=O)c1cc(Br)cc(C#N)c1C=O. The molecule has 1 aromatic carbocycles. The summed E-state index contributed by atoms with van der Waals surface area (Å²) in [5, 5.41) is 8.74. The summed E-state index contributed by atoms with van der Waals surface area (Å²) in [7, 11) is 0. The van der Waals surface area contributed by atoms with E-state index >= 15 is 0 Å². The molecule has 0 bridgehead atoms. The van der Waals surface area contributed by atoms with Gasteiger partial charge in [0.1, 0.15) is 0 Å². The molecule has 0 fully saturated rings. The molecule has 0 atom stereocenters. The molecule has 0 aliphatic carbocycles. The van der Waals surface area contributed by atoms with Crippen LogP contribution in [0.4, 0.5) is 0 Å². The summed E-state index contributed by atoms with van der Waals surface area (Å²) in [4.78, 5) is 21.9. The van der Waals surface area contributed by atoms with Gasteiger partial charge in [0, 0.05) is 15.6 Å². The third-order valence-electron chi connectivity index (χ3n) is 1.76. The highest BCUT2D eigenvalue weighted by molar-refractivity contribution is 9.10. The van der Waals surface area contributed by atoms with Crippen LogP contribution in [0.25, 0.3) is 0 Å². The monoisotopic (exact) mass is 251 g/mol. The largest absolute Gasteiger partial charge is 0.298 e. The molecule has 0 radical (unpaired) electrons. The molecule has 4 heteroatoms. The predicted molar refractivity (Wildman–Crippen MR) is 54.2 cm³/mol. The van der Waals surface area contributed by atoms with Gasteiger partial charge in [0.25, 0.3) is 0 Å². The van der Waals surface area contributed by atoms with Crippen LogP contribution in [-0.4, -0.2) is 12.1 Å². The van der Waals surface area contributed by atoms with Crippen LogP contribution in [0.1, 0.15) is 33.2 Å². The van der Waals surface area contributed by atoms with E-state index in [1.165, 1.54) is 19.1 Å². The molecule has 70 valence electrons. The fourth-order valence-corrected chi connectivity index (χ4v) is 1.59. The first-order valence-electron chi connectivity index (χ1n) is 3.80. The normalized spacial score (nSPS) is 9.21. The zero-order valence-corrected chi connectivity index (χ0v) is 8.96. The van der Waals surface area contributed by atoms with Crippen LogP contribution in [0.5, 0.6) is 0 Å². The maximum absolute atomic E-state index is 11.2. The van der Waals surface area contributed by atoms with Gasteiger partial charge in [-0.1, -0.05) is 15.9 Å². The lowest BCUT2D eigenvalue weighted by molar-refractivity contribution is 0.100. The number of benzene rings is 1. The van der Waals surface area contributed by atoms with Crippen LogP contribution in [0.2, 0.25) is 0 Å². The third-order valence-corrected chi connectivity index (χ3v) is 2.22. The first-order chi connectivity index (χ1) is 6.60. The van der Waals surface area contributed by atoms with E-state index in [0.29, 0.717) is 10.8 Å². The summed E-state index contributed by atoms with van der Waals surface area (Å²) in [5.41, 5.74) is 0.633. The van der Waals surface area contributed by atoms with E-state index in [0.717, 1.165) is 0 Å². The molecule has 0 amide bonds. The first-order valence-corrected chi connectivity index (χ1v) is 4.59. The van der Waals surface area contributed by atoms with Gasteiger partial charge in [-0.2, -0.15) is 5.26 Å². The Morgan fingerprint density at radius 3 is 2.64 bits per heavy atom. The number of nitriles is 1. The Morgan fingerprint density at radius 1 is 1.57 bits per heavy atom. The smallest absolute Gasteiger partial charge is 0.160 e. The van der Waals surface area contributed by atoms with Gasteiger partial charge >= 0.3 is 0 Å². The number of Topliss-reactive ketones (excluding diaryl/α,β-unsaturated/α-hetero) is 1. The van der Waals surface area contributed by atoms with Crippen molar-refractivity contribution in [1.82, 2.24) is 0 Å². The minimum atomic E-state index is -0.232. The summed E-state index contributed by atoms with van der Waals surface area (Å²) >= 11 is 3.17. The Balaban J connectivity index is 3.57. The van der Waals surface area contributed by atoms with E-state index in [-0.39, 0.29) is 22.5 Å². The molecule has 0 aliphatic rings. The van der Waals surface area contributed by atoms with E-state index in [4.69, 9.17) is 5.26 Å². The zero-order valence-electron chi connectivity index (χ0n) is 7.37. The molecule has 1 aromatic rings. The summed E-state index contributed by atoms with van der Waals surface area (Å²) in [6, 6.07) is 4.91. The zero-order chi connectivity index (χ0) is 10.7. The van der Waals surface area contributed by atoms with Crippen molar-refractivity contribution in [3.8, 4) is 6.07 Å². The second-order valence-electron chi connectivity index (χ2n) is 2.70. The molecule has 0 spiro atoms. The highest BCUT2D eigenvalue weighted by Gasteiger charge is 2.12. The van der Waals surface area contributed by atoms with E-state index in [9.17, 15) is 9.59 Å². The number of nitrogens with zero attached hydrogens (tertiary/aromatic N) is 1. The molecular formula is C10H6BrNO2. The Kier molecular flexibility index (Phi) is 3.15. The quantitative estimate of drug-likeness (QED) is 0.599. The second-order valence-corrected chi connectivity index (χ2v) is 3.62. The highest BCUT2D eigenvalue weighted by Crippen LogP contribution is 2.20. The van der Waals surface area contributed by atoms with Gasteiger partial charge < -0.3 is 0 Å². The standard InChI is InChI=1S/C10H6BrNO2/c1-6(14)9-3-8(11)2-7(4-12)10(9)5-13/h2-3,5H,1H3. The average molecular weight is 252 g/mol. The fraction of sp³-hybridized carbons (Fsp3) is 0.100. The van der Waals surface area contributed by atoms with Gasteiger partial charge in [0.2, 0.25) is 0 Å². The number of ketones is 1. The third kappa shape index (κ3) is 1.88. The maximum Gasteiger partial charge on any atom is 0.160 e. The van der Waals surface area contributed by atoms with Crippen LogP contribution in [-0.2, 0) is 0 Å². The molecule has 0 unspecified atom stereocenters. The van der Waals surface area contributed by atoms with Crippen LogP contribution in [0.15, 0.2) is 16.6 Å². The Labute approximate surface area is 89.5 Å². The molecule has 0 aromatic heterocycles. The molecule has 0 N–H and O–H groups in total. The van der Waals surface area contributed by atoms with Gasteiger partial charge in [-0.25, -0.2) is 0 Å². The molecule has 0 aliphatic heterocycles. The first kappa shape index (κ1) is 10.6. The van der Waals surface area contributed by atoms with Gasteiger partial charge in [-0.3, -0.25) is 9.59 Å². The van der Waals surface area contributed by atoms with Crippen LogP contribution < -0.4 is 0 Å². The molecule has 3 nitrogen and oxygen atoms in total. The average Bonchev–Trinajstić information content (AvgIpc) is 2.16. The molecule has 0 saturated heterocycles.